The van der Waals surface area contributed by atoms with Crippen LogP contribution in [0.5, 0.6) is 0 Å². The predicted octanol–water partition coefficient (Wildman–Crippen LogP) is 2.83. The average Bonchev–Trinajstić information content (AvgIpc) is 2.39. The highest BCUT2D eigenvalue weighted by molar-refractivity contribution is 5.78. The summed E-state index contributed by atoms with van der Waals surface area (Å²) in [6, 6.07) is 6.43. The molecule has 2 atom stereocenters. The van der Waals surface area contributed by atoms with E-state index in [2.05, 4.69) is 12.2 Å². The third kappa shape index (κ3) is 4.05. The number of nitrogens with one attached hydrogen (secondary N) is 1. The van der Waals surface area contributed by atoms with Crippen molar-refractivity contribution < 1.29 is 9.72 Å². The number of nitro benzene ring substituents is 1. The number of hydrogen-bond acceptors (Lipinski definition) is 3. The van der Waals surface area contributed by atoms with Gasteiger partial charge in [-0.2, -0.15) is 0 Å². The number of carbonyl (C=O) groups is 1. The van der Waals surface area contributed by atoms with Crippen LogP contribution in [-0.2, 0) is 11.2 Å². The van der Waals surface area contributed by atoms with Crippen LogP contribution >= 0.6 is 0 Å². The van der Waals surface area contributed by atoms with Crippen molar-refractivity contribution in [2.24, 2.45) is 5.92 Å². The maximum absolute atomic E-state index is 12.0. The van der Waals surface area contributed by atoms with Gasteiger partial charge in [-0.25, -0.2) is 0 Å². The van der Waals surface area contributed by atoms with Crippen molar-refractivity contribution in [3.63, 3.8) is 0 Å². The maximum atomic E-state index is 12.0. The Balaban J connectivity index is 1.86. The lowest BCUT2D eigenvalue weighted by molar-refractivity contribution is -0.384. The van der Waals surface area contributed by atoms with Gasteiger partial charge < -0.3 is 5.32 Å². The Hall–Kier alpha value is -1.91. The van der Waals surface area contributed by atoms with Gasteiger partial charge in [0.1, 0.15) is 0 Å². The lowest BCUT2D eigenvalue weighted by Gasteiger charge is -2.27. The number of non-ortho nitro benzene ring substituents is 1. The molecule has 1 amide bonds. The summed E-state index contributed by atoms with van der Waals surface area (Å²) in [5, 5.41) is 13.6. The van der Waals surface area contributed by atoms with Gasteiger partial charge in [0, 0.05) is 18.2 Å². The van der Waals surface area contributed by atoms with Gasteiger partial charge >= 0.3 is 0 Å². The van der Waals surface area contributed by atoms with E-state index < -0.39 is 4.92 Å². The van der Waals surface area contributed by atoms with Crippen molar-refractivity contribution in [3.05, 3.63) is 39.9 Å². The van der Waals surface area contributed by atoms with Crippen LogP contribution in [-0.4, -0.2) is 16.9 Å². The molecule has 2 unspecified atom stereocenters. The van der Waals surface area contributed by atoms with E-state index in [9.17, 15) is 14.9 Å². The smallest absolute Gasteiger partial charge is 0.269 e. The van der Waals surface area contributed by atoms with Crippen LogP contribution in [0.15, 0.2) is 24.3 Å². The second-order valence-corrected chi connectivity index (χ2v) is 5.64. The zero-order valence-electron chi connectivity index (χ0n) is 11.7. The van der Waals surface area contributed by atoms with Crippen LogP contribution < -0.4 is 5.32 Å². The van der Waals surface area contributed by atoms with Crippen LogP contribution in [0, 0.1) is 16.0 Å². The number of amides is 1. The first-order valence-corrected chi connectivity index (χ1v) is 7.07. The predicted molar refractivity (Wildman–Crippen MR) is 76.4 cm³/mol. The lowest BCUT2D eigenvalue weighted by Crippen LogP contribution is -2.38. The summed E-state index contributed by atoms with van der Waals surface area (Å²) in [4.78, 5) is 22.1. The summed E-state index contributed by atoms with van der Waals surface area (Å²) in [7, 11) is 0. The molecule has 108 valence electrons. The van der Waals surface area contributed by atoms with Gasteiger partial charge in [-0.15, -0.1) is 0 Å². The average molecular weight is 276 g/mol. The van der Waals surface area contributed by atoms with E-state index in [1.165, 1.54) is 25.0 Å². The van der Waals surface area contributed by atoms with Crippen molar-refractivity contribution in [2.75, 3.05) is 0 Å². The zero-order chi connectivity index (χ0) is 14.5. The summed E-state index contributed by atoms with van der Waals surface area (Å²) in [5.41, 5.74) is 0.854. The van der Waals surface area contributed by atoms with Crippen molar-refractivity contribution in [1.29, 1.82) is 0 Å². The van der Waals surface area contributed by atoms with Crippen LogP contribution in [0.4, 0.5) is 5.69 Å². The highest BCUT2D eigenvalue weighted by Gasteiger charge is 2.20. The quantitative estimate of drug-likeness (QED) is 0.679. The number of hydrogen-bond donors (Lipinski definition) is 1. The molecule has 0 spiro atoms. The maximum Gasteiger partial charge on any atom is 0.269 e. The van der Waals surface area contributed by atoms with Crippen LogP contribution in [0.2, 0.25) is 0 Å². The zero-order valence-corrected chi connectivity index (χ0v) is 11.7. The molecule has 2 rings (SSSR count). The Morgan fingerprint density at radius 1 is 1.35 bits per heavy atom. The molecular formula is C15H20N2O3. The normalized spacial score (nSPS) is 22.2. The minimum absolute atomic E-state index is 0.00190. The lowest BCUT2D eigenvalue weighted by atomic mass is 9.87. The molecule has 5 nitrogen and oxygen atoms in total. The van der Waals surface area contributed by atoms with E-state index in [-0.39, 0.29) is 24.1 Å². The molecule has 1 aliphatic carbocycles. The summed E-state index contributed by atoms with van der Waals surface area (Å²) in [5.74, 6) is 0.673. The Labute approximate surface area is 118 Å². The highest BCUT2D eigenvalue weighted by Crippen LogP contribution is 2.23. The minimum Gasteiger partial charge on any atom is -0.353 e. The molecule has 0 bridgehead atoms. The fourth-order valence-electron chi connectivity index (χ4n) is 2.76. The van der Waals surface area contributed by atoms with Gasteiger partial charge in [0.25, 0.3) is 5.69 Å². The fraction of sp³-hybridized carbons (Fsp3) is 0.533. The van der Waals surface area contributed by atoms with E-state index in [1.807, 2.05) is 0 Å². The molecule has 1 aromatic carbocycles. The number of nitro groups is 1. The summed E-state index contributed by atoms with van der Waals surface area (Å²) in [6.07, 6.45) is 4.80. The third-order valence-electron chi connectivity index (χ3n) is 3.81. The van der Waals surface area contributed by atoms with E-state index >= 15 is 0 Å². The van der Waals surface area contributed by atoms with E-state index in [0.717, 1.165) is 18.4 Å². The van der Waals surface area contributed by atoms with Crippen molar-refractivity contribution in [2.45, 2.75) is 45.1 Å². The van der Waals surface area contributed by atoms with Gasteiger partial charge in [-0.05, 0) is 24.3 Å². The van der Waals surface area contributed by atoms with Gasteiger partial charge in [0.05, 0.1) is 11.3 Å². The van der Waals surface area contributed by atoms with Crippen molar-refractivity contribution in [3.8, 4) is 0 Å². The molecule has 0 saturated heterocycles. The first-order valence-electron chi connectivity index (χ1n) is 7.07. The van der Waals surface area contributed by atoms with Crippen LogP contribution in [0.1, 0.15) is 38.2 Å². The van der Waals surface area contributed by atoms with Crippen LogP contribution in [0.3, 0.4) is 0 Å². The fourth-order valence-corrected chi connectivity index (χ4v) is 2.76. The SMILES string of the molecule is CC1CCCC(NC(=O)Cc2ccc([N+](=O)[O-])cc2)C1. The monoisotopic (exact) mass is 276 g/mol. The van der Waals surface area contributed by atoms with E-state index in [1.54, 1.807) is 12.1 Å². The molecule has 5 heteroatoms. The Bertz CT molecular complexity index is 484. The third-order valence-corrected chi connectivity index (χ3v) is 3.81. The second kappa shape index (κ2) is 6.50. The second-order valence-electron chi connectivity index (χ2n) is 5.64. The molecule has 0 radical (unpaired) electrons. The van der Waals surface area contributed by atoms with E-state index in [0.29, 0.717) is 5.92 Å². The summed E-state index contributed by atoms with van der Waals surface area (Å²) >= 11 is 0. The summed E-state index contributed by atoms with van der Waals surface area (Å²) in [6.45, 7) is 2.22. The molecular weight excluding hydrogens is 256 g/mol. The Kier molecular flexibility index (Phi) is 4.71. The molecule has 1 N–H and O–H groups in total. The van der Waals surface area contributed by atoms with Gasteiger partial charge in [0.15, 0.2) is 0 Å². The van der Waals surface area contributed by atoms with Gasteiger partial charge in [-0.3, -0.25) is 14.9 Å². The largest absolute Gasteiger partial charge is 0.353 e. The van der Waals surface area contributed by atoms with Gasteiger partial charge in [-0.1, -0.05) is 31.9 Å². The standard InChI is InChI=1S/C15H20N2O3/c1-11-3-2-4-13(9-11)16-15(18)10-12-5-7-14(8-6-12)17(19)20/h5-8,11,13H,2-4,9-10H2,1H3,(H,16,18). The van der Waals surface area contributed by atoms with Crippen molar-refractivity contribution >= 4 is 11.6 Å². The molecule has 1 fully saturated rings. The first-order chi connectivity index (χ1) is 9.54. The molecule has 0 aromatic heterocycles. The molecule has 0 aliphatic heterocycles. The highest BCUT2D eigenvalue weighted by atomic mass is 16.6. The van der Waals surface area contributed by atoms with Crippen molar-refractivity contribution in [1.82, 2.24) is 5.32 Å². The Morgan fingerprint density at radius 2 is 2.05 bits per heavy atom. The van der Waals surface area contributed by atoms with E-state index in [4.69, 9.17) is 0 Å². The molecule has 1 saturated carbocycles. The Morgan fingerprint density at radius 3 is 2.65 bits per heavy atom. The topological polar surface area (TPSA) is 72.2 Å². The first kappa shape index (κ1) is 14.5. The number of benzene rings is 1. The number of rotatable bonds is 4. The molecule has 20 heavy (non-hydrogen) atoms. The molecule has 1 aliphatic rings. The minimum atomic E-state index is -0.437. The van der Waals surface area contributed by atoms with Gasteiger partial charge in [0.2, 0.25) is 5.91 Å². The number of nitrogens with zero attached hydrogens (tertiary/aromatic N) is 1. The van der Waals surface area contributed by atoms with Crippen LogP contribution in [0.25, 0.3) is 0 Å². The molecule has 1 aromatic rings. The number of carbonyl (C=O) groups excluding carboxylic acids is 1. The summed E-state index contributed by atoms with van der Waals surface area (Å²) < 4.78 is 0. The molecule has 0 heterocycles.